The van der Waals surface area contributed by atoms with Crippen molar-refractivity contribution in [2.75, 3.05) is 0 Å². The Morgan fingerprint density at radius 1 is 1.16 bits per heavy atom. The van der Waals surface area contributed by atoms with Gasteiger partial charge in [0.1, 0.15) is 0 Å². The first-order valence-electron chi connectivity index (χ1n) is 5.29. The number of carbonyl (C=O) groups is 1. The van der Waals surface area contributed by atoms with Gasteiger partial charge in [-0.05, 0) is 17.7 Å². The van der Waals surface area contributed by atoms with Crippen molar-refractivity contribution in [3.05, 3.63) is 34.9 Å². The maximum Gasteiger partial charge on any atom is 0.241 e. The number of hydrogen-bond donors (Lipinski definition) is 1. The molecule has 1 fully saturated rings. The van der Waals surface area contributed by atoms with Gasteiger partial charge < -0.3 is 5.73 Å². The van der Waals surface area contributed by atoms with Gasteiger partial charge in [-0.2, -0.15) is 15.8 Å². The number of carbonyl (C=O) groups excluding carboxylic acids is 1. The first-order valence-corrected chi connectivity index (χ1v) is 5.67. The molecule has 1 aliphatic rings. The molecule has 19 heavy (non-hydrogen) atoms. The summed E-state index contributed by atoms with van der Waals surface area (Å²) in [6, 6.07) is 11.6. The molecule has 1 amide bonds. The van der Waals surface area contributed by atoms with Crippen LogP contribution in [0.2, 0.25) is 5.02 Å². The predicted molar refractivity (Wildman–Crippen MR) is 65.1 cm³/mol. The highest BCUT2D eigenvalue weighted by atomic mass is 35.5. The van der Waals surface area contributed by atoms with Crippen LogP contribution >= 0.6 is 11.6 Å². The van der Waals surface area contributed by atoms with E-state index in [2.05, 4.69) is 0 Å². The Labute approximate surface area is 114 Å². The average Bonchev–Trinajstić information content (AvgIpc) is 3.03. The zero-order chi connectivity index (χ0) is 14.3. The normalized spacial score (nSPS) is 26.5. The van der Waals surface area contributed by atoms with E-state index in [0.29, 0.717) is 10.6 Å². The fraction of sp³-hybridized carbons (Fsp3) is 0.231. The van der Waals surface area contributed by atoms with Crippen LogP contribution in [0.25, 0.3) is 0 Å². The molecule has 2 N–H and O–H groups in total. The highest BCUT2D eigenvalue weighted by molar-refractivity contribution is 6.30. The van der Waals surface area contributed by atoms with Gasteiger partial charge in [-0.3, -0.25) is 4.79 Å². The Kier molecular flexibility index (Phi) is 2.71. The van der Waals surface area contributed by atoms with Gasteiger partial charge in [0.05, 0.1) is 18.2 Å². The number of nitriles is 3. The molecule has 5 nitrogen and oxygen atoms in total. The van der Waals surface area contributed by atoms with Crippen molar-refractivity contribution in [1.29, 1.82) is 15.8 Å². The molecular weight excluding hydrogens is 264 g/mol. The number of primary amides is 1. The minimum absolute atomic E-state index is 0.477. The van der Waals surface area contributed by atoms with Gasteiger partial charge in [-0.25, -0.2) is 0 Å². The van der Waals surface area contributed by atoms with E-state index in [-0.39, 0.29) is 0 Å². The second kappa shape index (κ2) is 3.99. The molecule has 0 heterocycles. The zero-order valence-corrected chi connectivity index (χ0v) is 10.3. The molecule has 2 atom stereocenters. The zero-order valence-electron chi connectivity index (χ0n) is 9.59. The lowest BCUT2D eigenvalue weighted by atomic mass is 9.96. The monoisotopic (exact) mass is 270 g/mol. The minimum Gasteiger partial charge on any atom is -0.368 e. The molecule has 0 aliphatic heterocycles. The smallest absolute Gasteiger partial charge is 0.241 e. The van der Waals surface area contributed by atoms with Crippen molar-refractivity contribution in [3.8, 4) is 18.2 Å². The van der Waals surface area contributed by atoms with Crippen molar-refractivity contribution < 1.29 is 4.79 Å². The summed E-state index contributed by atoms with van der Waals surface area (Å²) in [5, 5.41) is 28.1. The van der Waals surface area contributed by atoms with Crippen LogP contribution < -0.4 is 5.73 Å². The highest BCUT2D eigenvalue weighted by Gasteiger charge is 2.84. The van der Waals surface area contributed by atoms with Gasteiger partial charge in [0.15, 0.2) is 10.8 Å². The Bertz CT molecular complexity index is 663. The van der Waals surface area contributed by atoms with Gasteiger partial charge in [0.25, 0.3) is 0 Å². The number of halogens is 1. The second-order valence-corrected chi connectivity index (χ2v) is 4.74. The Morgan fingerprint density at radius 2 is 1.68 bits per heavy atom. The van der Waals surface area contributed by atoms with Crippen molar-refractivity contribution in [3.63, 3.8) is 0 Å². The van der Waals surface area contributed by atoms with Crippen LogP contribution in [-0.4, -0.2) is 5.91 Å². The molecule has 0 aromatic heterocycles. The van der Waals surface area contributed by atoms with E-state index in [9.17, 15) is 20.6 Å². The van der Waals surface area contributed by atoms with E-state index >= 15 is 0 Å². The lowest BCUT2D eigenvalue weighted by molar-refractivity contribution is -0.121. The highest BCUT2D eigenvalue weighted by Crippen LogP contribution is 2.73. The molecule has 0 saturated heterocycles. The summed E-state index contributed by atoms with van der Waals surface area (Å²) in [6.07, 6.45) is 0. The minimum atomic E-state index is -1.80. The largest absolute Gasteiger partial charge is 0.368 e. The number of nitrogens with zero attached hydrogens (tertiary/aromatic N) is 3. The van der Waals surface area contributed by atoms with Gasteiger partial charge >= 0.3 is 0 Å². The Balaban J connectivity index is 2.62. The van der Waals surface area contributed by atoms with Crippen molar-refractivity contribution >= 4 is 17.5 Å². The summed E-state index contributed by atoms with van der Waals surface area (Å²) < 4.78 is 0. The van der Waals surface area contributed by atoms with Gasteiger partial charge in [-0.15, -0.1) is 0 Å². The van der Waals surface area contributed by atoms with E-state index in [4.69, 9.17) is 17.3 Å². The average molecular weight is 271 g/mol. The summed E-state index contributed by atoms with van der Waals surface area (Å²) in [7, 11) is 0. The van der Waals surface area contributed by atoms with Crippen LogP contribution in [0.1, 0.15) is 11.5 Å². The lowest BCUT2D eigenvalue weighted by Crippen LogP contribution is -2.28. The quantitative estimate of drug-likeness (QED) is 0.876. The summed E-state index contributed by atoms with van der Waals surface area (Å²) in [5.74, 6) is -1.81. The van der Waals surface area contributed by atoms with Crippen LogP contribution in [0.4, 0.5) is 0 Å². The van der Waals surface area contributed by atoms with Crippen LogP contribution in [0, 0.1) is 44.8 Å². The van der Waals surface area contributed by atoms with E-state index in [1.165, 1.54) is 0 Å². The second-order valence-electron chi connectivity index (χ2n) is 4.30. The van der Waals surface area contributed by atoms with Crippen LogP contribution in [-0.2, 0) is 4.79 Å². The summed E-state index contributed by atoms with van der Waals surface area (Å²) in [6.45, 7) is 0. The first-order chi connectivity index (χ1) is 9.00. The molecule has 0 bridgehead atoms. The third-order valence-electron chi connectivity index (χ3n) is 3.53. The number of nitrogens with two attached hydrogens (primary N) is 1. The van der Waals surface area contributed by atoms with E-state index in [1.54, 1.807) is 42.5 Å². The standard InChI is InChI=1S/C13H7ClN4O/c14-9-3-1-8(2-4-9)10-12(5-15,6-16)13(10,7-17)11(18)19/h1-4,10H,(H2,18,19)/t10-,13+/m0/s1. The number of amides is 1. The third kappa shape index (κ3) is 1.35. The maximum atomic E-state index is 11.6. The van der Waals surface area contributed by atoms with Crippen molar-refractivity contribution in [2.45, 2.75) is 5.92 Å². The van der Waals surface area contributed by atoms with Crippen LogP contribution in [0.5, 0.6) is 0 Å². The van der Waals surface area contributed by atoms with Crippen LogP contribution in [0.3, 0.4) is 0 Å². The predicted octanol–water partition coefficient (Wildman–Crippen LogP) is 1.47. The summed E-state index contributed by atoms with van der Waals surface area (Å²) in [5.41, 5.74) is 2.22. The Morgan fingerprint density at radius 3 is 2.00 bits per heavy atom. The summed E-state index contributed by atoms with van der Waals surface area (Å²) >= 11 is 5.76. The molecule has 1 saturated carbocycles. The van der Waals surface area contributed by atoms with Crippen molar-refractivity contribution in [1.82, 2.24) is 0 Å². The molecule has 0 spiro atoms. The van der Waals surface area contributed by atoms with Crippen LogP contribution in [0.15, 0.2) is 24.3 Å². The van der Waals surface area contributed by atoms with E-state index in [0.717, 1.165) is 0 Å². The lowest BCUT2D eigenvalue weighted by Gasteiger charge is -2.02. The number of benzene rings is 1. The van der Waals surface area contributed by atoms with Crippen molar-refractivity contribution in [2.24, 2.45) is 16.6 Å². The topological polar surface area (TPSA) is 114 Å². The molecule has 0 unspecified atom stereocenters. The summed E-state index contributed by atoms with van der Waals surface area (Å²) in [4.78, 5) is 11.6. The molecule has 92 valence electrons. The van der Waals surface area contributed by atoms with Gasteiger partial charge in [0.2, 0.25) is 5.91 Å². The molecule has 1 aromatic carbocycles. The molecule has 6 heteroatoms. The fourth-order valence-corrected chi connectivity index (χ4v) is 2.63. The third-order valence-corrected chi connectivity index (χ3v) is 3.78. The maximum absolute atomic E-state index is 11.6. The SMILES string of the molecule is N#CC1(C#N)[C@H](c2ccc(Cl)cc2)[C@]1(C#N)C(N)=O. The molecule has 1 aliphatic carbocycles. The molecule has 2 rings (SSSR count). The van der Waals surface area contributed by atoms with E-state index < -0.39 is 22.7 Å². The molecule has 0 radical (unpaired) electrons. The molecule has 1 aromatic rings. The number of rotatable bonds is 2. The first kappa shape index (κ1) is 12.9. The van der Waals surface area contributed by atoms with E-state index in [1.807, 2.05) is 0 Å². The number of hydrogen-bond acceptors (Lipinski definition) is 4. The molecular formula is C13H7ClN4O. The Hall–Kier alpha value is -2.55. The van der Waals surface area contributed by atoms with Gasteiger partial charge in [-0.1, -0.05) is 23.7 Å². The fourth-order valence-electron chi connectivity index (χ4n) is 2.50. The van der Waals surface area contributed by atoms with Gasteiger partial charge in [0, 0.05) is 10.9 Å².